The molecule has 2 aromatic rings. The van der Waals surface area contributed by atoms with Crippen LogP contribution in [-0.4, -0.2) is 34.7 Å². The van der Waals surface area contributed by atoms with Gasteiger partial charge < -0.3 is 0 Å². The largest absolute Gasteiger partial charge is 0.292 e. The Hall–Kier alpha value is -1.62. The Morgan fingerprint density at radius 2 is 2.05 bits per heavy atom. The van der Waals surface area contributed by atoms with Crippen LogP contribution in [0.2, 0.25) is 0 Å². The second kappa shape index (κ2) is 5.57. The van der Waals surface area contributed by atoms with Crippen LogP contribution in [0.1, 0.15) is 5.69 Å². The molecular weight excluding hydrogens is 288 g/mol. The number of hydrazine groups is 1. The van der Waals surface area contributed by atoms with Crippen LogP contribution in [0.4, 0.5) is 5.95 Å². The van der Waals surface area contributed by atoms with E-state index in [0.717, 1.165) is 0 Å². The Balaban J connectivity index is 2.20. The molecule has 0 aliphatic rings. The van der Waals surface area contributed by atoms with E-state index in [4.69, 9.17) is 5.84 Å². The number of sulfonamides is 1. The zero-order valence-electron chi connectivity index (χ0n) is 10.0. The van der Waals surface area contributed by atoms with E-state index in [2.05, 4.69) is 20.4 Å². The maximum absolute atomic E-state index is 12.2. The van der Waals surface area contributed by atoms with Gasteiger partial charge in [0.1, 0.15) is 4.90 Å². The summed E-state index contributed by atoms with van der Waals surface area (Å²) in [5.41, 5.74) is 4.58. The molecule has 0 aromatic carbocycles. The molecule has 10 heteroatoms. The first-order valence-electron chi connectivity index (χ1n) is 5.16. The van der Waals surface area contributed by atoms with E-state index >= 15 is 0 Å². The first kappa shape index (κ1) is 13.8. The highest BCUT2D eigenvalue weighted by Gasteiger charge is 2.22. The lowest BCUT2D eigenvalue weighted by molar-refractivity contribution is 0.462. The third-order valence-electron chi connectivity index (χ3n) is 2.33. The van der Waals surface area contributed by atoms with E-state index in [1.165, 1.54) is 35.1 Å². The molecule has 0 atom stereocenters. The summed E-state index contributed by atoms with van der Waals surface area (Å²) in [4.78, 5) is 11.6. The van der Waals surface area contributed by atoms with Crippen molar-refractivity contribution >= 4 is 27.3 Å². The lowest BCUT2D eigenvalue weighted by Gasteiger charge is -2.15. The Morgan fingerprint density at radius 3 is 2.58 bits per heavy atom. The van der Waals surface area contributed by atoms with Crippen molar-refractivity contribution in [1.82, 2.24) is 19.3 Å². The summed E-state index contributed by atoms with van der Waals surface area (Å²) in [7, 11) is -2.16. The molecule has 0 spiro atoms. The average molecular weight is 300 g/mol. The van der Waals surface area contributed by atoms with Crippen molar-refractivity contribution in [3.63, 3.8) is 0 Å². The first-order chi connectivity index (χ1) is 9.04. The van der Waals surface area contributed by atoms with Crippen molar-refractivity contribution in [3.05, 3.63) is 29.0 Å². The van der Waals surface area contributed by atoms with Gasteiger partial charge in [-0.1, -0.05) is 0 Å². The van der Waals surface area contributed by atoms with Crippen LogP contribution in [0.3, 0.4) is 0 Å². The number of nitrogens with one attached hydrogen (secondary N) is 1. The minimum Gasteiger partial charge on any atom is -0.292 e. The molecule has 0 saturated carbocycles. The summed E-state index contributed by atoms with van der Waals surface area (Å²) in [5, 5.41) is 1.80. The van der Waals surface area contributed by atoms with Crippen LogP contribution >= 0.6 is 11.3 Å². The fourth-order valence-corrected chi connectivity index (χ4v) is 2.92. The number of nitrogens with two attached hydrogens (primary N) is 1. The number of nitrogens with zero attached hydrogens (tertiary/aromatic N) is 4. The predicted octanol–water partition coefficient (Wildman–Crippen LogP) is 0.0394. The molecule has 2 heterocycles. The summed E-state index contributed by atoms with van der Waals surface area (Å²) in [5.74, 6) is 5.27. The van der Waals surface area contributed by atoms with Crippen LogP contribution in [-0.2, 0) is 16.6 Å². The normalized spacial score (nSPS) is 11.7. The lowest BCUT2D eigenvalue weighted by Crippen LogP contribution is -2.27. The Labute approximate surface area is 114 Å². The number of anilines is 1. The quantitative estimate of drug-likeness (QED) is 0.592. The number of nitrogen functional groups attached to an aromatic ring is 1. The van der Waals surface area contributed by atoms with Gasteiger partial charge in [-0.2, -0.15) is 4.31 Å². The third kappa shape index (κ3) is 3.04. The van der Waals surface area contributed by atoms with Crippen LogP contribution in [0, 0.1) is 0 Å². The molecule has 0 aliphatic heterocycles. The molecule has 0 unspecified atom stereocenters. The van der Waals surface area contributed by atoms with Crippen molar-refractivity contribution in [3.8, 4) is 0 Å². The minimum absolute atomic E-state index is 0.00392. The molecule has 0 amide bonds. The summed E-state index contributed by atoms with van der Waals surface area (Å²) >= 11 is 1.41. The summed E-state index contributed by atoms with van der Waals surface area (Å²) in [6.07, 6.45) is 2.41. The van der Waals surface area contributed by atoms with Gasteiger partial charge in [0.15, 0.2) is 0 Å². The van der Waals surface area contributed by atoms with Crippen LogP contribution in [0.25, 0.3) is 0 Å². The summed E-state index contributed by atoms with van der Waals surface area (Å²) < 4.78 is 25.6. The maximum atomic E-state index is 12.2. The van der Waals surface area contributed by atoms with E-state index < -0.39 is 10.0 Å². The van der Waals surface area contributed by atoms with Gasteiger partial charge in [-0.05, 0) is 0 Å². The zero-order valence-corrected chi connectivity index (χ0v) is 11.6. The highest BCUT2D eigenvalue weighted by Crippen LogP contribution is 2.15. The van der Waals surface area contributed by atoms with Gasteiger partial charge in [0.05, 0.1) is 30.1 Å². The van der Waals surface area contributed by atoms with Gasteiger partial charge in [-0.3, -0.25) is 5.43 Å². The van der Waals surface area contributed by atoms with Crippen molar-refractivity contribution in [2.75, 3.05) is 12.5 Å². The second-order valence-corrected chi connectivity index (χ2v) is 6.39. The van der Waals surface area contributed by atoms with Gasteiger partial charge in [0.25, 0.3) is 0 Å². The van der Waals surface area contributed by atoms with E-state index in [1.807, 2.05) is 0 Å². The molecule has 0 saturated heterocycles. The smallest absolute Gasteiger partial charge is 0.246 e. The zero-order chi connectivity index (χ0) is 13.9. The fourth-order valence-electron chi connectivity index (χ4n) is 1.33. The number of hydrogen-bond donors (Lipinski definition) is 2. The summed E-state index contributed by atoms with van der Waals surface area (Å²) in [6, 6.07) is 0. The van der Waals surface area contributed by atoms with Crippen LogP contribution in [0.15, 0.2) is 28.2 Å². The molecule has 0 fully saturated rings. The van der Waals surface area contributed by atoms with Gasteiger partial charge in [0, 0.05) is 12.4 Å². The number of rotatable bonds is 5. The van der Waals surface area contributed by atoms with E-state index in [9.17, 15) is 8.42 Å². The number of hydrogen-bond acceptors (Lipinski definition) is 8. The molecular formula is C9H12N6O2S2. The topological polar surface area (TPSA) is 114 Å². The van der Waals surface area contributed by atoms with Gasteiger partial charge in [-0.15, -0.1) is 11.3 Å². The average Bonchev–Trinajstić information content (AvgIpc) is 2.91. The van der Waals surface area contributed by atoms with E-state index in [-0.39, 0.29) is 17.4 Å². The molecule has 8 nitrogen and oxygen atoms in total. The summed E-state index contributed by atoms with van der Waals surface area (Å²) in [6.45, 7) is 0.197. The Bertz CT molecular complexity index is 625. The molecule has 0 bridgehead atoms. The Kier molecular flexibility index (Phi) is 4.04. The molecule has 102 valence electrons. The molecule has 3 N–H and O–H groups in total. The minimum atomic E-state index is -3.64. The fraction of sp³-hybridized carbons (Fsp3) is 0.222. The molecule has 0 aliphatic carbocycles. The Morgan fingerprint density at radius 1 is 1.37 bits per heavy atom. The van der Waals surface area contributed by atoms with Crippen LogP contribution in [0.5, 0.6) is 0 Å². The molecule has 19 heavy (non-hydrogen) atoms. The molecule has 0 radical (unpaired) electrons. The second-order valence-electron chi connectivity index (χ2n) is 3.63. The standard InChI is InChI=1S/C9H12N6O2S2/c1-15(4-7-5-18-6-13-7)19(16,17)8-2-11-9(14-10)12-3-8/h2-3,5-6H,4,10H2,1H3,(H,11,12,14). The van der Waals surface area contributed by atoms with Crippen molar-refractivity contribution in [2.45, 2.75) is 11.4 Å². The van der Waals surface area contributed by atoms with Crippen molar-refractivity contribution in [2.24, 2.45) is 5.84 Å². The first-order valence-corrected chi connectivity index (χ1v) is 7.54. The SMILES string of the molecule is CN(Cc1cscn1)S(=O)(=O)c1cnc(NN)nc1. The monoisotopic (exact) mass is 300 g/mol. The number of aromatic nitrogens is 3. The highest BCUT2D eigenvalue weighted by molar-refractivity contribution is 7.89. The van der Waals surface area contributed by atoms with Gasteiger partial charge in [-0.25, -0.2) is 29.2 Å². The highest BCUT2D eigenvalue weighted by atomic mass is 32.2. The van der Waals surface area contributed by atoms with Crippen LogP contribution < -0.4 is 11.3 Å². The van der Waals surface area contributed by atoms with E-state index in [1.54, 1.807) is 10.9 Å². The van der Waals surface area contributed by atoms with Gasteiger partial charge in [0.2, 0.25) is 16.0 Å². The molecule has 2 rings (SSSR count). The van der Waals surface area contributed by atoms with E-state index in [0.29, 0.717) is 5.69 Å². The third-order valence-corrected chi connectivity index (χ3v) is 4.73. The van der Waals surface area contributed by atoms with Crippen molar-refractivity contribution < 1.29 is 8.42 Å². The predicted molar refractivity (Wildman–Crippen MR) is 70.6 cm³/mol. The lowest BCUT2D eigenvalue weighted by atomic mass is 10.5. The van der Waals surface area contributed by atoms with Gasteiger partial charge >= 0.3 is 0 Å². The van der Waals surface area contributed by atoms with Crippen molar-refractivity contribution in [1.29, 1.82) is 0 Å². The maximum Gasteiger partial charge on any atom is 0.246 e. The molecule has 2 aromatic heterocycles. The number of thiazole rings is 1.